The van der Waals surface area contributed by atoms with Crippen molar-refractivity contribution in [3.63, 3.8) is 0 Å². The normalized spacial score (nSPS) is 11.0. The van der Waals surface area contributed by atoms with Crippen LogP contribution in [0.2, 0.25) is 5.02 Å². The number of halogens is 1. The van der Waals surface area contributed by atoms with Crippen LogP contribution in [0.1, 0.15) is 24.9 Å². The van der Waals surface area contributed by atoms with E-state index in [4.69, 9.17) is 11.6 Å². The molecule has 7 nitrogen and oxygen atoms in total. The maximum Gasteiger partial charge on any atom is 0.258 e. The number of amides is 1. The number of fused-ring (bicyclic) bond motifs is 1. The molecule has 0 radical (unpaired) electrons. The second kappa shape index (κ2) is 9.36. The van der Waals surface area contributed by atoms with Gasteiger partial charge in [-0.2, -0.15) is 0 Å². The molecule has 4 rings (SSSR count). The highest BCUT2D eigenvalue weighted by Gasteiger charge is 2.18. The Bertz CT molecular complexity index is 1270. The lowest BCUT2D eigenvalue weighted by Gasteiger charge is -2.21. The van der Waals surface area contributed by atoms with E-state index in [0.717, 1.165) is 17.0 Å². The Labute approximate surface area is 187 Å². The molecule has 0 fully saturated rings. The molecule has 9 heteroatoms. The molecule has 1 N–H and O–H groups in total. The van der Waals surface area contributed by atoms with Crippen LogP contribution in [0.3, 0.4) is 0 Å². The Morgan fingerprint density at radius 1 is 1.26 bits per heavy atom. The molecule has 0 atom stereocenters. The van der Waals surface area contributed by atoms with Crippen molar-refractivity contribution in [3.8, 4) is 10.6 Å². The third-order valence-corrected chi connectivity index (χ3v) is 5.87. The number of nitrogens with zero attached hydrogens (tertiary/aromatic N) is 4. The van der Waals surface area contributed by atoms with Gasteiger partial charge in [0.15, 0.2) is 0 Å². The number of nitrogens with one attached hydrogen (secondary N) is 1. The fourth-order valence-electron chi connectivity index (χ4n) is 3.26. The van der Waals surface area contributed by atoms with Crippen molar-refractivity contribution in [2.24, 2.45) is 0 Å². The van der Waals surface area contributed by atoms with Crippen molar-refractivity contribution < 1.29 is 4.79 Å². The van der Waals surface area contributed by atoms with Gasteiger partial charge in [-0.25, -0.2) is 9.97 Å². The van der Waals surface area contributed by atoms with Crippen LogP contribution >= 0.6 is 22.9 Å². The molecule has 1 amide bonds. The van der Waals surface area contributed by atoms with Crippen molar-refractivity contribution in [2.45, 2.75) is 26.3 Å². The number of aromatic nitrogens is 4. The second-order valence-corrected chi connectivity index (χ2v) is 8.35. The van der Waals surface area contributed by atoms with Gasteiger partial charge in [0, 0.05) is 34.9 Å². The van der Waals surface area contributed by atoms with Crippen LogP contribution in [-0.2, 0) is 17.8 Å². The Morgan fingerprint density at radius 2 is 2.13 bits per heavy atom. The van der Waals surface area contributed by atoms with E-state index in [2.05, 4.69) is 19.9 Å². The van der Waals surface area contributed by atoms with Gasteiger partial charge in [-0.05, 0) is 36.8 Å². The minimum absolute atomic E-state index is 0.0706. The third-order valence-electron chi connectivity index (χ3n) is 4.70. The van der Waals surface area contributed by atoms with Crippen LogP contribution in [0.15, 0.2) is 52.9 Å². The zero-order valence-electron chi connectivity index (χ0n) is 16.8. The minimum atomic E-state index is -0.249. The summed E-state index contributed by atoms with van der Waals surface area (Å²) in [4.78, 5) is 43.0. The first kappa shape index (κ1) is 21.1. The monoisotopic (exact) mass is 453 g/mol. The van der Waals surface area contributed by atoms with E-state index >= 15 is 0 Å². The summed E-state index contributed by atoms with van der Waals surface area (Å²) in [6, 6.07) is 8.74. The molecule has 158 valence electrons. The fraction of sp³-hybridized carbons (Fsp3) is 0.227. The van der Waals surface area contributed by atoms with Crippen LogP contribution in [-0.4, -0.2) is 37.3 Å². The number of benzene rings is 1. The van der Waals surface area contributed by atoms with E-state index in [0.29, 0.717) is 34.0 Å². The zero-order valence-corrected chi connectivity index (χ0v) is 18.4. The van der Waals surface area contributed by atoms with Crippen molar-refractivity contribution in [1.82, 2.24) is 24.8 Å². The van der Waals surface area contributed by atoms with Gasteiger partial charge in [0.2, 0.25) is 5.91 Å². The summed E-state index contributed by atoms with van der Waals surface area (Å²) in [6.07, 6.45) is 4.43. The average molecular weight is 454 g/mol. The summed E-state index contributed by atoms with van der Waals surface area (Å²) in [6.45, 7) is 2.76. The highest BCUT2D eigenvalue weighted by atomic mass is 35.5. The molecule has 0 aliphatic rings. The lowest BCUT2D eigenvalue weighted by Crippen LogP contribution is -2.34. The van der Waals surface area contributed by atoms with Gasteiger partial charge in [0.05, 0.1) is 29.6 Å². The predicted molar refractivity (Wildman–Crippen MR) is 122 cm³/mol. The van der Waals surface area contributed by atoms with Gasteiger partial charge in [0.1, 0.15) is 10.8 Å². The van der Waals surface area contributed by atoms with Crippen molar-refractivity contribution in [2.75, 3.05) is 6.54 Å². The molecule has 0 saturated carbocycles. The first-order valence-electron chi connectivity index (χ1n) is 9.84. The molecular weight excluding hydrogens is 434 g/mol. The molecule has 0 bridgehead atoms. The molecule has 3 heterocycles. The summed E-state index contributed by atoms with van der Waals surface area (Å²) in [7, 11) is 0. The predicted octanol–water partition coefficient (Wildman–Crippen LogP) is 4.08. The summed E-state index contributed by atoms with van der Waals surface area (Å²) in [5.74, 6) is 0.356. The van der Waals surface area contributed by atoms with E-state index in [1.807, 2.05) is 24.4 Å². The fourth-order valence-corrected chi connectivity index (χ4v) is 4.23. The Balaban J connectivity index is 1.52. The van der Waals surface area contributed by atoms with Gasteiger partial charge < -0.3 is 9.88 Å². The van der Waals surface area contributed by atoms with Gasteiger partial charge in [-0.3, -0.25) is 14.6 Å². The molecular formula is C22H20ClN5O2S. The van der Waals surface area contributed by atoms with Crippen LogP contribution in [0.25, 0.3) is 21.5 Å². The van der Waals surface area contributed by atoms with Crippen LogP contribution in [0.4, 0.5) is 0 Å². The number of aromatic amines is 1. The number of carbonyl (C=O) groups excluding carboxylic acids is 1. The quantitative estimate of drug-likeness (QED) is 0.455. The first-order chi connectivity index (χ1) is 15.0. The first-order valence-corrected chi connectivity index (χ1v) is 11.1. The van der Waals surface area contributed by atoms with E-state index in [9.17, 15) is 9.59 Å². The molecule has 0 aliphatic carbocycles. The van der Waals surface area contributed by atoms with E-state index < -0.39 is 0 Å². The molecule has 0 spiro atoms. The molecule has 1 aromatic carbocycles. The maximum atomic E-state index is 13.0. The minimum Gasteiger partial charge on any atom is -0.335 e. The summed E-state index contributed by atoms with van der Waals surface area (Å²) >= 11 is 7.52. The Morgan fingerprint density at radius 3 is 2.90 bits per heavy atom. The molecule has 0 saturated heterocycles. The SMILES string of the molecule is CCCN(Cc1nc2cc(Cl)ccc2c(=O)[nH]1)C(=O)Cc1csc(-c2cccnc2)n1. The van der Waals surface area contributed by atoms with Gasteiger partial charge in [-0.1, -0.05) is 18.5 Å². The number of rotatable bonds is 7. The number of pyridine rings is 1. The molecule has 4 aromatic rings. The van der Waals surface area contributed by atoms with E-state index in [1.54, 1.807) is 35.5 Å². The maximum absolute atomic E-state index is 13.0. The summed E-state index contributed by atoms with van der Waals surface area (Å²) in [5.41, 5.74) is 1.90. The van der Waals surface area contributed by atoms with E-state index in [-0.39, 0.29) is 24.4 Å². The van der Waals surface area contributed by atoms with Crippen LogP contribution in [0, 0.1) is 0 Å². The summed E-state index contributed by atoms with van der Waals surface area (Å²) in [5, 5.41) is 3.69. The lowest BCUT2D eigenvalue weighted by atomic mass is 10.2. The number of thiazole rings is 1. The van der Waals surface area contributed by atoms with Gasteiger partial charge in [0.25, 0.3) is 5.56 Å². The van der Waals surface area contributed by atoms with Gasteiger partial charge >= 0.3 is 0 Å². The standard InChI is InChI=1S/C22H20ClN5O2S/c1-2-8-28(12-19-26-18-9-15(23)5-6-17(18)21(30)27-19)20(29)10-16-13-31-22(25-16)14-4-3-7-24-11-14/h3-7,9,11,13H,2,8,10,12H2,1H3,(H,26,27,30). The van der Waals surface area contributed by atoms with Crippen LogP contribution in [0.5, 0.6) is 0 Å². The Kier molecular flexibility index (Phi) is 6.39. The molecule has 0 aliphatic heterocycles. The topological polar surface area (TPSA) is 91.8 Å². The van der Waals surface area contributed by atoms with Crippen LogP contribution < -0.4 is 5.56 Å². The summed E-state index contributed by atoms with van der Waals surface area (Å²) < 4.78 is 0. The Hall–Kier alpha value is -3.10. The smallest absolute Gasteiger partial charge is 0.258 e. The average Bonchev–Trinajstić information content (AvgIpc) is 3.22. The lowest BCUT2D eigenvalue weighted by molar-refractivity contribution is -0.131. The molecule has 3 aromatic heterocycles. The number of hydrogen-bond donors (Lipinski definition) is 1. The van der Waals surface area contributed by atoms with Gasteiger partial charge in [-0.15, -0.1) is 11.3 Å². The number of hydrogen-bond acceptors (Lipinski definition) is 6. The molecule has 31 heavy (non-hydrogen) atoms. The highest BCUT2D eigenvalue weighted by Crippen LogP contribution is 2.23. The van der Waals surface area contributed by atoms with E-state index in [1.165, 1.54) is 11.3 Å². The second-order valence-electron chi connectivity index (χ2n) is 7.05. The highest BCUT2D eigenvalue weighted by molar-refractivity contribution is 7.13. The van der Waals surface area contributed by atoms with Crippen molar-refractivity contribution in [1.29, 1.82) is 0 Å². The number of H-pyrrole nitrogens is 1. The van der Waals surface area contributed by atoms with Crippen molar-refractivity contribution in [3.05, 3.63) is 75.0 Å². The largest absolute Gasteiger partial charge is 0.335 e. The third kappa shape index (κ3) is 4.98. The number of carbonyl (C=O) groups is 1. The molecule has 0 unspecified atom stereocenters. The van der Waals surface area contributed by atoms with Crippen molar-refractivity contribution >= 4 is 39.7 Å². The zero-order chi connectivity index (χ0) is 21.8.